The van der Waals surface area contributed by atoms with Crippen LogP contribution >= 0.6 is 0 Å². The van der Waals surface area contributed by atoms with Crippen LogP contribution in [-0.2, 0) is 6.61 Å². The van der Waals surface area contributed by atoms with Crippen molar-refractivity contribution in [3.63, 3.8) is 0 Å². The number of hydrogen-bond acceptors (Lipinski definition) is 3. The zero-order chi connectivity index (χ0) is 11.0. The molecular formula is C11H14N2O2. The van der Waals surface area contributed by atoms with Crippen molar-refractivity contribution in [2.24, 2.45) is 0 Å². The molecule has 0 saturated heterocycles. The lowest BCUT2D eigenvalue weighted by atomic mass is 10.2. The molecule has 2 N–H and O–H groups in total. The maximum atomic E-state index is 9.71. The Morgan fingerprint density at radius 3 is 2.73 bits per heavy atom. The average molecular weight is 206 g/mol. The predicted octanol–water partition coefficient (Wildman–Crippen LogP) is 1.82. The third-order valence-electron chi connectivity index (χ3n) is 2.44. The zero-order valence-corrected chi connectivity index (χ0v) is 8.81. The van der Waals surface area contributed by atoms with E-state index in [0.29, 0.717) is 16.6 Å². The van der Waals surface area contributed by atoms with Gasteiger partial charge in [-0.05, 0) is 26.0 Å². The Morgan fingerprint density at radius 1 is 1.40 bits per heavy atom. The van der Waals surface area contributed by atoms with E-state index in [2.05, 4.69) is 5.10 Å². The Morgan fingerprint density at radius 2 is 2.13 bits per heavy atom. The van der Waals surface area contributed by atoms with E-state index in [4.69, 9.17) is 0 Å². The lowest BCUT2D eigenvalue weighted by Crippen LogP contribution is -2.07. The van der Waals surface area contributed by atoms with Gasteiger partial charge in [-0.1, -0.05) is 6.07 Å². The predicted molar refractivity (Wildman–Crippen MR) is 57.7 cm³/mol. The highest BCUT2D eigenvalue weighted by atomic mass is 16.3. The molecule has 2 aromatic rings. The molecule has 0 unspecified atom stereocenters. The summed E-state index contributed by atoms with van der Waals surface area (Å²) in [6.45, 7) is 3.86. The van der Waals surface area contributed by atoms with Crippen LogP contribution in [0.2, 0.25) is 0 Å². The number of aliphatic hydroxyl groups is 1. The normalized spacial score (nSPS) is 11.5. The second-order valence-electron chi connectivity index (χ2n) is 3.81. The van der Waals surface area contributed by atoms with Crippen molar-refractivity contribution in [1.82, 2.24) is 9.78 Å². The molecule has 2 rings (SSSR count). The molecule has 0 fully saturated rings. The topological polar surface area (TPSA) is 58.3 Å². The molecule has 0 aliphatic heterocycles. The van der Waals surface area contributed by atoms with Gasteiger partial charge >= 0.3 is 0 Å². The molecular weight excluding hydrogens is 192 g/mol. The lowest BCUT2D eigenvalue weighted by Gasteiger charge is -2.08. The molecule has 0 aliphatic carbocycles. The first-order valence-corrected chi connectivity index (χ1v) is 4.95. The smallest absolute Gasteiger partial charge is 0.126 e. The van der Waals surface area contributed by atoms with Gasteiger partial charge in [-0.3, -0.25) is 4.68 Å². The van der Waals surface area contributed by atoms with Gasteiger partial charge in [-0.2, -0.15) is 5.10 Å². The van der Waals surface area contributed by atoms with Gasteiger partial charge in [-0.15, -0.1) is 0 Å². The Bertz CT molecular complexity index is 489. The number of hydrogen-bond donors (Lipinski definition) is 2. The van der Waals surface area contributed by atoms with Crippen molar-refractivity contribution in [3.05, 3.63) is 23.9 Å². The lowest BCUT2D eigenvalue weighted by molar-refractivity contribution is 0.265. The van der Waals surface area contributed by atoms with Crippen LogP contribution in [0, 0.1) is 0 Å². The highest BCUT2D eigenvalue weighted by Gasteiger charge is 2.14. The summed E-state index contributed by atoms with van der Waals surface area (Å²) in [6, 6.07) is 5.34. The highest BCUT2D eigenvalue weighted by Crippen LogP contribution is 2.29. The number of fused-ring (bicyclic) bond motifs is 1. The third kappa shape index (κ3) is 1.47. The summed E-state index contributed by atoms with van der Waals surface area (Å²) < 4.78 is 1.74. The summed E-state index contributed by atoms with van der Waals surface area (Å²) in [6.07, 6.45) is 0. The van der Waals surface area contributed by atoms with Crippen molar-refractivity contribution >= 4 is 10.9 Å². The van der Waals surface area contributed by atoms with Gasteiger partial charge < -0.3 is 10.2 Å². The van der Waals surface area contributed by atoms with Crippen LogP contribution in [0.4, 0.5) is 0 Å². The quantitative estimate of drug-likeness (QED) is 0.787. The van der Waals surface area contributed by atoms with Crippen LogP contribution in [-0.4, -0.2) is 20.0 Å². The van der Waals surface area contributed by atoms with Gasteiger partial charge in [0, 0.05) is 6.04 Å². The molecule has 0 saturated carbocycles. The molecule has 0 aliphatic rings. The third-order valence-corrected chi connectivity index (χ3v) is 2.44. The van der Waals surface area contributed by atoms with Crippen LogP contribution in [0.5, 0.6) is 5.75 Å². The van der Waals surface area contributed by atoms with Crippen molar-refractivity contribution < 1.29 is 10.2 Å². The Balaban J connectivity index is 2.80. The molecule has 4 nitrogen and oxygen atoms in total. The van der Waals surface area contributed by atoms with Gasteiger partial charge in [0.2, 0.25) is 0 Å². The van der Waals surface area contributed by atoms with E-state index < -0.39 is 0 Å². The molecule has 4 heteroatoms. The Labute approximate surface area is 87.8 Å². The number of phenolic OH excluding ortho intramolecular Hbond substituents is 1. The summed E-state index contributed by atoms with van der Waals surface area (Å²) in [5.74, 6) is 0.170. The van der Waals surface area contributed by atoms with Crippen LogP contribution in [0.25, 0.3) is 10.9 Å². The van der Waals surface area contributed by atoms with E-state index in [-0.39, 0.29) is 18.4 Å². The van der Waals surface area contributed by atoms with Gasteiger partial charge in [0.05, 0.1) is 23.2 Å². The molecule has 0 bridgehead atoms. The molecule has 0 amide bonds. The van der Waals surface area contributed by atoms with Crippen molar-refractivity contribution in [2.75, 3.05) is 0 Å². The average Bonchev–Trinajstić information content (AvgIpc) is 2.57. The summed E-state index contributed by atoms with van der Waals surface area (Å²) in [5.41, 5.74) is 1.38. The second-order valence-corrected chi connectivity index (χ2v) is 3.81. The number of aliphatic hydroxyl groups excluding tert-OH is 1. The first-order chi connectivity index (χ1) is 7.15. The fraction of sp³-hybridized carbons (Fsp3) is 0.364. The van der Waals surface area contributed by atoms with Crippen molar-refractivity contribution in [3.8, 4) is 5.75 Å². The summed E-state index contributed by atoms with van der Waals surface area (Å²) in [5, 5.41) is 24.0. The molecule has 80 valence electrons. The standard InChI is InChI=1S/C11H14N2O2/c1-7(2)13-9(6-14)11-8(12-13)4-3-5-10(11)15/h3-5,7,14-15H,6H2,1-2H3. The number of rotatable bonds is 2. The highest BCUT2D eigenvalue weighted by molar-refractivity contribution is 5.87. The van der Waals surface area contributed by atoms with Crippen LogP contribution in [0.3, 0.4) is 0 Å². The SMILES string of the molecule is CC(C)n1nc2cccc(O)c2c1CO. The molecule has 0 atom stereocenters. The van der Waals surface area contributed by atoms with Gasteiger partial charge in [0.1, 0.15) is 5.75 Å². The van der Waals surface area contributed by atoms with E-state index in [0.717, 1.165) is 0 Å². The fourth-order valence-corrected chi connectivity index (χ4v) is 1.78. The van der Waals surface area contributed by atoms with Gasteiger partial charge in [0.15, 0.2) is 0 Å². The summed E-state index contributed by atoms with van der Waals surface area (Å²) >= 11 is 0. The first kappa shape index (κ1) is 9.98. The number of aromatic hydroxyl groups is 1. The molecule has 15 heavy (non-hydrogen) atoms. The molecule has 0 radical (unpaired) electrons. The van der Waals surface area contributed by atoms with Crippen LogP contribution in [0.1, 0.15) is 25.6 Å². The largest absolute Gasteiger partial charge is 0.507 e. The van der Waals surface area contributed by atoms with Gasteiger partial charge in [0.25, 0.3) is 0 Å². The van der Waals surface area contributed by atoms with E-state index >= 15 is 0 Å². The number of nitrogens with zero attached hydrogens (tertiary/aromatic N) is 2. The van der Waals surface area contributed by atoms with E-state index in [1.165, 1.54) is 0 Å². The van der Waals surface area contributed by atoms with Crippen molar-refractivity contribution in [2.45, 2.75) is 26.5 Å². The molecule has 1 aromatic carbocycles. The van der Waals surface area contributed by atoms with E-state index in [9.17, 15) is 10.2 Å². The number of benzene rings is 1. The van der Waals surface area contributed by atoms with Gasteiger partial charge in [-0.25, -0.2) is 0 Å². The molecule has 1 aromatic heterocycles. The Hall–Kier alpha value is -1.55. The summed E-state index contributed by atoms with van der Waals surface area (Å²) in [7, 11) is 0. The maximum absolute atomic E-state index is 9.71. The Kier molecular flexibility index (Phi) is 2.36. The maximum Gasteiger partial charge on any atom is 0.126 e. The zero-order valence-electron chi connectivity index (χ0n) is 8.81. The minimum Gasteiger partial charge on any atom is -0.507 e. The first-order valence-electron chi connectivity index (χ1n) is 4.95. The minimum atomic E-state index is -0.119. The number of phenols is 1. The minimum absolute atomic E-state index is 0.119. The van der Waals surface area contributed by atoms with Crippen molar-refractivity contribution in [1.29, 1.82) is 0 Å². The van der Waals surface area contributed by atoms with Crippen LogP contribution < -0.4 is 0 Å². The number of aromatic nitrogens is 2. The summed E-state index contributed by atoms with van der Waals surface area (Å²) in [4.78, 5) is 0. The van der Waals surface area contributed by atoms with E-state index in [1.807, 2.05) is 19.9 Å². The monoisotopic (exact) mass is 206 g/mol. The molecule has 1 heterocycles. The molecule has 0 spiro atoms. The van der Waals surface area contributed by atoms with E-state index in [1.54, 1.807) is 16.8 Å². The fourth-order valence-electron chi connectivity index (χ4n) is 1.78. The van der Waals surface area contributed by atoms with Crippen LogP contribution in [0.15, 0.2) is 18.2 Å². The second kappa shape index (κ2) is 3.55.